The molecule has 12 atom stereocenters. The average molecular weight is 430 g/mol. The van der Waals surface area contributed by atoms with E-state index in [2.05, 4.69) is 25.7 Å². The van der Waals surface area contributed by atoms with Gasteiger partial charge in [-0.05, 0) is 98.2 Å². The largest absolute Gasteiger partial charge is 0.393 e. The third-order valence-electron chi connectivity index (χ3n) is 11.3. The van der Waals surface area contributed by atoms with Gasteiger partial charge in [0.1, 0.15) is 0 Å². The van der Waals surface area contributed by atoms with Gasteiger partial charge in [0.2, 0.25) is 0 Å². The first-order valence-electron chi connectivity index (χ1n) is 13.3. The van der Waals surface area contributed by atoms with Crippen molar-refractivity contribution in [2.24, 2.45) is 46.8 Å². The van der Waals surface area contributed by atoms with Crippen molar-refractivity contribution in [2.75, 3.05) is 13.1 Å². The molecule has 0 aromatic carbocycles. The lowest BCUT2D eigenvalue weighted by atomic mass is 9.56. The number of hydrogen-bond donors (Lipinski definition) is 3. The molecule has 0 amide bonds. The van der Waals surface area contributed by atoms with Crippen LogP contribution in [-0.2, 0) is 0 Å². The molecule has 2 saturated carbocycles. The lowest BCUT2D eigenvalue weighted by molar-refractivity contribution is -0.115. The molecule has 0 unspecified atom stereocenters. The van der Waals surface area contributed by atoms with Gasteiger partial charge in [-0.2, -0.15) is 0 Å². The smallest absolute Gasteiger partial charge is 0.0701 e. The Labute approximate surface area is 188 Å². The van der Waals surface area contributed by atoms with E-state index in [1.54, 1.807) is 11.1 Å². The monoisotopic (exact) mass is 429 g/mol. The molecule has 4 heteroatoms. The van der Waals surface area contributed by atoms with E-state index in [1.165, 1.54) is 25.8 Å². The summed E-state index contributed by atoms with van der Waals surface area (Å²) in [5.41, 5.74) is 3.43. The van der Waals surface area contributed by atoms with Crippen LogP contribution in [0.15, 0.2) is 11.1 Å². The highest BCUT2D eigenvalue weighted by atomic mass is 16.3. The molecule has 2 heterocycles. The fourth-order valence-electron chi connectivity index (χ4n) is 9.97. The molecule has 6 aliphatic rings. The number of aliphatic hydroxyl groups excluding tert-OH is 3. The highest BCUT2D eigenvalue weighted by molar-refractivity contribution is 5.37. The van der Waals surface area contributed by atoms with Crippen LogP contribution in [0.4, 0.5) is 0 Å². The normalized spacial score (nSPS) is 56.9. The molecule has 2 saturated heterocycles. The van der Waals surface area contributed by atoms with Crippen LogP contribution in [0.25, 0.3) is 0 Å². The summed E-state index contributed by atoms with van der Waals surface area (Å²) in [5.74, 6) is 4.29. The second kappa shape index (κ2) is 7.29. The first kappa shape index (κ1) is 21.1. The Morgan fingerprint density at radius 2 is 1.68 bits per heavy atom. The summed E-state index contributed by atoms with van der Waals surface area (Å²) in [5, 5.41) is 32.3. The summed E-state index contributed by atoms with van der Waals surface area (Å²) in [6.07, 6.45) is 7.68. The Morgan fingerprint density at radius 3 is 2.48 bits per heavy atom. The van der Waals surface area contributed by atoms with Crippen molar-refractivity contribution in [3.8, 4) is 0 Å². The first-order valence-corrected chi connectivity index (χ1v) is 13.3. The standard InChI is InChI=1S/C27H43NO3/c1-14-8-25(31)26-15(2)17-4-5-18-19(21(17)13-28(26)12-14)10-22-20(18)11-24(30)23-9-16(29)6-7-27(22,23)3/h14-19,21,23-26,29-31H,4-13H2,1-3H3/t14-,15-,16+,17-,18-,19-,21-,23-,24-,25-,26-,27-/m1/s1. The number of aliphatic hydroxyl groups is 3. The van der Waals surface area contributed by atoms with E-state index in [0.717, 1.165) is 56.4 Å². The fourth-order valence-corrected chi connectivity index (χ4v) is 9.97. The minimum Gasteiger partial charge on any atom is -0.393 e. The summed E-state index contributed by atoms with van der Waals surface area (Å²) in [6.45, 7) is 9.47. The van der Waals surface area contributed by atoms with E-state index in [0.29, 0.717) is 23.8 Å². The maximum Gasteiger partial charge on any atom is 0.0701 e. The Balaban J connectivity index is 1.30. The van der Waals surface area contributed by atoms with E-state index < -0.39 is 0 Å². The van der Waals surface area contributed by atoms with E-state index in [9.17, 15) is 15.3 Å². The van der Waals surface area contributed by atoms with Crippen molar-refractivity contribution in [1.29, 1.82) is 0 Å². The van der Waals surface area contributed by atoms with Gasteiger partial charge in [0.05, 0.1) is 18.3 Å². The highest BCUT2D eigenvalue weighted by Crippen LogP contribution is 2.64. The van der Waals surface area contributed by atoms with Gasteiger partial charge >= 0.3 is 0 Å². The predicted octanol–water partition coefficient (Wildman–Crippen LogP) is 3.60. The van der Waals surface area contributed by atoms with Crippen LogP contribution in [0.3, 0.4) is 0 Å². The average Bonchev–Trinajstić information content (AvgIpc) is 3.09. The third kappa shape index (κ3) is 3.00. The molecule has 4 nitrogen and oxygen atoms in total. The molecule has 4 aliphatic carbocycles. The number of nitrogens with zero attached hydrogens (tertiary/aromatic N) is 1. The van der Waals surface area contributed by atoms with Crippen LogP contribution in [0.5, 0.6) is 0 Å². The molecule has 0 aromatic heterocycles. The minimum atomic E-state index is -0.275. The van der Waals surface area contributed by atoms with Crippen molar-refractivity contribution in [2.45, 2.75) is 96.5 Å². The summed E-state index contributed by atoms with van der Waals surface area (Å²) in [4.78, 5) is 2.67. The SMILES string of the molecule is C[C@@H]1C[C@@H](O)[C@H]2[C@H](C)[C@H]3CC[C@H]4C5=C(C[C@H]4[C@@H]3CN2C1)[C@@]1(C)CC[C@H](O)C[C@@H]1[C@H](O)C5. The molecule has 0 bridgehead atoms. The molecule has 4 fully saturated rings. The van der Waals surface area contributed by atoms with Gasteiger partial charge in [-0.3, -0.25) is 4.90 Å². The maximum absolute atomic E-state index is 11.1. The van der Waals surface area contributed by atoms with Gasteiger partial charge in [0.25, 0.3) is 0 Å². The van der Waals surface area contributed by atoms with Crippen LogP contribution < -0.4 is 0 Å². The van der Waals surface area contributed by atoms with Crippen molar-refractivity contribution in [3.05, 3.63) is 11.1 Å². The zero-order chi connectivity index (χ0) is 21.7. The second-order valence-corrected chi connectivity index (χ2v) is 12.8. The Hall–Kier alpha value is -0.420. The van der Waals surface area contributed by atoms with Gasteiger partial charge in [-0.25, -0.2) is 0 Å². The Bertz CT molecular complexity index is 764. The van der Waals surface area contributed by atoms with E-state index >= 15 is 0 Å². The minimum absolute atomic E-state index is 0.0950. The van der Waals surface area contributed by atoms with Crippen LogP contribution in [0, 0.1) is 46.8 Å². The van der Waals surface area contributed by atoms with Crippen molar-refractivity contribution in [3.63, 3.8) is 0 Å². The van der Waals surface area contributed by atoms with Crippen LogP contribution in [0.1, 0.15) is 72.1 Å². The number of allylic oxidation sites excluding steroid dienone is 1. The molecule has 2 aliphatic heterocycles. The zero-order valence-corrected chi connectivity index (χ0v) is 19.7. The Morgan fingerprint density at radius 1 is 0.871 bits per heavy atom. The van der Waals surface area contributed by atoms with Gasteiger partial charge in [0, 0.05) is 19.1 Å². The quantitative estimate of drug-likeness (QED) is 0.515. The number of hydrogen-bond acceptors (Lipinski definition) is 4. The molecule has 6 rings (SSSR count). The maximum atomic E-state index is 11.1. The third-order valence-corrected chi connectivity index (χ3v) is 11.3. The summed E-state index contributed by atoms with van der Waals surface area (Å²) in [7, 11) is 0. The molecule has 174 valence electrons. The van der Waals surface area contributed by atoms with Crippen LogP contribution in [-0.4, -0.2) is 57.7 Å². The van der Waals surface area contributed by atoms with Gasteiger partial charge in [0.15, 0.2) is 0 Å². The van der Waals surface area contributed by atoms with Gasteiger partial charge in [-0.15, -0.1) is 0 Å². The van der Waals surface area contributed by atoms with E-state index in [-0.39, 0.29) is 29.6 Å². The number of piperidine rings is 2. The molecule has 3 N–H and O–H groups in total. The molecular formula is C27H43NO3. The molecule has 0 spiro atoms. The lowest BCUT2D eigenvalue weighted by Crippen LogP contribution is -2.63. The zero-order valence-electron chi connectivity index (χ0n) is 19.7. The van der Waals surface area contributed by atoms with E-state index in [4.69, 9.17) is 0 Å². The van der Waals surface area contributed by atoms with Gasteiger partial charge in [-0.1, -0.05) is 31.9 Å². The second-order valence-electron chi connectivity index (χ2n) is 12.8. The number of fused-ring (bicyclic) bond motifs is 7. The number of rotatable bonds is 0. The first-order chi connectivity index (χ1) is 14.8. The Kier molecular flexibility index (Phi) is 4.97. The van der Waals surface area contributed by atoms with Crippen LogP contribution in [0.2, 0.25) is 0 Å². The molecule has 0 radical (unpaired) electrons. The molecule has 31 heavy (non-hydrogen) atoms. The fraction of sp³-hybridized carbons (Fsp3) is 0.926. The van der Waals surface area contributed by atoms with Crippen molar-refractivity contribution < 1.29 is 15.3 Å². The highest BCUT2D eigenvalue weighted by Gasteiger charge is 2.58. The van der Waals surface area contributed by atoms with Crippen molar-refractivity contribution in [1.82, 2.24) is 4.90 Å². The predicted molar refractivity (Wildman–Crippen MR) is 121 cm³/mol. The van der Waals surface area contributed by atoms with E-state index in [1.807, 2.05) is 0 Å². The summed E-state index contributed by atoms with van der Waals surface area (Å²) in [6, 6.07) is 0.363. The lowest BCUT2D eigenvalue weighted by Gasteiger charge is -2.57. The summed E-state index contributed by atoms with van der Waals surface area (Å²) >= 11 is 0. The summed E-state index contributed by atoms with van der Waals surface area (Å²) < 4.78 is 0. The molecular weight excluding hydrogens is 386 g/mol. The van der Waals surface area contributed by atoms with Crippen molar-refractivity contribution >= 4 is 0 Å². The topological polar surface area (TPSA) is 63.9 Å². The molecule has 0 aromatic rings. The van der Waals surface area contributed by atoms with Gasteiger partial charge < -0.3 is 15.3 Å². The van der Waals surface area contributed by atoms with Crippen LogP contribution >= 0.6 is 0 Å².